The van der Waals surface area contributed by atoms with Crippen molar-refractivity contribution in [3.8, 4) is 0 Å². The standard InChI is InChI=1S/C19H25N5O2S.2ClH/c1-13-4-3-5-15(14(13)2)21-17(25)11-23-6-8-24(9-7-23)19(26)16-12-27-18(10-20)22-16;;/h3-5,12H,6-11,20H2,1-2H3,(H,21,25);2*1H. The number of halogens is 2. The summed E-state index contributed by atoms with van der Waals surface area (Å²) in [5, 5.41) is 5.51. The van der Waals surface area contributed by atoms with Crippen LogP contribution in [0.2, 0.25) is 0 Å². The summed E-state index contributed by atoms with van der Waals surface area (Å²) in [5.74, 6) is -0.0963. The molecule has 0 aliphatic carbocycles. The zero-order chi connectivity index (χ0) is 19.4. The minimum absolute atomic E-state index is 0. The number of benzene rings is 1. The Morgan fingerprint density at radius 2 is 1.86 bits per heavy atom. The van der Waals surface area contributed by atoms with E-state index in [9.17, 15) is 9.59 Å². The van der Waals surface area contributed by atoms with Crippen molar-refractivity contribution in [3.05, 3.63) is 45.4 Å². The van der Waals surface area contributed by atoms with Gasteiger partial charge in [-0.2, -0.15) is 0 Å². The number of nitrogens with zero attached hydrogens (tertiary/aromatic N) is 3. The van der Waals surface area contributed by atoms with Gasteiger partial charge in [-0.1, -0.05) is 12.1 Å². The third-order valence-corrected chi connectivity index (χ3v) is 5.72. The molecule has 0 radical (unpaired) electrons. The van der Waals surface area contributed by atoms with Crippen LogP contribution in [0.5, 0.6) is 0 Å². The lowest BCUT2D eigenvalue weighted by Gasteiger charge is -2.34. The molecule has 1 aliphatic rings. The molecule has 0 bridgehead atoms. The number of hydrogen-bond acceptors (Lipinski definition) is 6. The number of amides is 2. The molecule has 3 N–H and O–H groups in total. The average molecular weight is 460 g/mol. The number of piperazine rings is 1. The number of carbonyl (C=O) groups is 2. The molecular formula is C19H27Cl2N5O2S. The van der Waals surface area contributed by atoms with Gasteiger partial charge in [0, 0.05) is 43.8 Å². The summed E-state index contributed by atoms with van der Waals surface area (Å²) in [6.07, 6.45) is 0. The van der Waals surface area contributed by atoms with Crippen LogP contribution in [0.4, 0.5) is 5.69 Å². The van der Waals surface area contributed by atoms with Gasteiger partial charge >= 0.3 is 0 Å². The van der Waals surface area contributed by atoms with Gasteiger partial charge in [-0.25, -0.2) is 4.98 Å². The van der Waals surface area contributed by atoms with Crippen LogP contribution in [0, 0.1) is 13.8 Å². The van der Waals surface area contributed by atoms with Crippen molar-refractivity contribution >= 4 is 53.7 Å². The first-order valence-electron chi connectivity index (χ1n) is 9.00. The van der Waals surface area contributed by atoms with Gasteiger partial charge in [0.15, 0.2) is 0 Å². The number of aryl methyl sites for hydroxylation is 1. The zero-order valence-corrected chi connectivity index (χ0v) is 19.0. The molecule has 0 unspecified atom stereocenters. The van der Waals surface area contributed by atoms with Gasteiger partial charge in [0.25, 0.3) is 5.91 Å². The van der Waals surface area contributed by atoms with Crippen molar-refractivity contribution in [2.75, 3.05) is 38.0 Å². The fourth-order valence-electron chi connectivity index (χ4n) is 3.05. The fourth-order valence-corrected chi connectivity index (χ4v) is 3.70. The molecule has 0 saturated carbocycles. The van der Waals surface area contributed by atoms with E-state index < -0.39 is 0 Å². The molecule has 1 saturated heterocycles. The molecule has 3 rings (SSSR count). The molecule has 1 aromatic carbocycles. The number of aromatic nitrogens is 1. The monoisotopic (exact) mass is 459 g/mol. The van der Waals surface area contributed by atoms with Crippen molar-refractivity contribution in [1.82, 2.24) is 14.8 Å². The van der Waals surface area contributed by atoms with E-state index >= 15 is 0 Å². The summed E-state index contributed by atoms with van der Waals surface area (Å²) < 4.78 is 0. The molecule has 29 heavy (non-hydrogen) atoms. The number of anilines is 1. The molecule has 1 aromatic heterocycles. The summed E-state index contributed by atoms with van der Waals surface area (Å²) in [5.41, 5.74) is 9.11. The van der Waals surface area contributed by atoms with Gasteiger partial charge in [0.2, 0.25) is 5.91 Å². The van der Waals surface area contributed by atoms with Gasteiger partial charge < -0.3 is 16.0 Å². The normalized spacial score (nSPS) is 14.0. The van der Waals surface area contributed by atoms with E-state index in [0.717, 1.165) is 21.8 Å². The molecule has 160 valence electrons. The SMILES string of the molecule is Cc1cccc(NC(=O)CN2CCN(C(=O)c3csc(CN)n3)CC2)c1C.Cl.Cl. The average Bonchev–Trinajstić information content (AvgIpc) is 3.15. The lowest BCUT2D eigenvalue weighted by molar-refractivity contribution is -0.117. The number of nitrogens with one attached hydrogen (secondary N) is 1. The van der Waals surface area contributed by atoms with Crippen LogP contribution in [0.25, 0.3) is 0 Å². The minimum Gasteiger partial charge on any atom is -0.335 e. The van der Waals surface area contributed by atoms with E-state index in [2.05, 4.69) is 15.2 Å². The molecule has 0 spiro atoms. The minimum atomic E-state index is -0.0644. The second kappa shape index (κ2) is 11.5. The van der Waals surface area contributed by atoms with Gasteiger partial charge in [-0.05, 0) is 31.0 Å². The molecule has 2 amide bonds. The Labute approximate surface area is 187 Å². The predicted molar refractivity (Wildman–Crippen MR) is 121 cm³/mol. The zero-order valence-electron chi connectivity index (χ0n) is 16.5. The van der Waals surface area contributed by atoms with E-state index in [1.54, 1.807) is 10.3 Å². The summed E-state index contributed by atoms with van der Waals surface area (Å²) in [7, 11) is 0. The number of thiazole rings is 1. The molecule has 2 heterocycles. The largest absolute Gasteiger partial charge is 0.335 e. The van der Waals surface area contributed by atoms with Crippen LogP contribution in [-0.2, 0) is 11.3 Å². The van der Waals surface area contributed by atoms with Crippen LogP contribution < -0.4 is 11.1 Å². The Balaban J connectivity index is 0.00000210. The Morgan fingerprint density at radius 3 is 2.48 bits per heavy atom. The van der Waals surface area contributed by atoms with Crippen LogP contribution in [0.3, 0.4) is 0 Å². The van der Waals surface area contributed by atoms with Crippen LogP contribution in [0.15, 0.2) is 23.6 Å². The van der Waals surface area contributed by atoms with Crippen LogP contribution in [0.1, 0.15) is 26.6 Å². The lowest BCUT2D eigenvalue weighted by atomic mass is 10.1. The van der Waals surface area contributed by atoms with Crippen molar-refractivity contribution in [2.24, 2.45) is 5.73 Å². The molecule has 10 heteroatoms. The number of rotatable bonds is 5. The fraction of sp³-hybridized carbons (Fsp3) is 0.421. The molecule has 7 nitrogen and oxygen atoms in total. The third-order valence-electron chi connectivity index (χ3n) is 4.85. The maximum absolute atomic E-state index is 12.5. The third kappa shape index (κ3) is 6.38. The molecule has 0 atom stereocenters. The number of hydrogen-bond donors (Lipinski definition) is 2. The van der Waals surface area contributed by atoms with Crippen molar-refractivity contribution in [2.45, 2.75) is 20.4 Å². The first-order valence-corrected chi connectivity index (χ1v) is 9.88. The highest BCUT2D eigenvalue weighted by Gasteiger charge is 2.24. The first-order chi connectivity index (χ1) is 13.0. The van der Waals surface area contributed by atoms with Crippen LogP contribution >= 0.6 is 36.2 Å². The Morgan fingerprint density at radius 1 is 1.17 bits per heavy atom. The maximum Gasteiger partial charge on any atom is 0.273 e. The Hall–Kier alpha value is -1.71. The highest BCUT2D eigenvalue weighted by atomic mass is 35.5. The molecule has 1 fully saturated rings. The van der Waals surface area contributed by atoms with Gasteiger partial charge in [0.1, 0.15) is 10.7 Å². The van der Waals surface area contributed by atoms with Crippen molar-refractivity contribution < 1.29 is 9.59 Å². The predicted octanol–water partition coefficient (Wildman–Crippen LogP) is 2.46. The van der Waals surface area contributed by atoms with Crippen molar-refractivity contribution in [3.63, 3.8) is 0 Å². The van der Waals surface area contributed by atoms with E-state index in [4.69, 9.17) is 5.73 Å². The van der Waals surface area contributed by atoms with E-state index in [0.29, 0.717) is 45.0 Å². The molecule has 2 aromatic rings. The molecular weight excluding hydrogens is 433 g/mol. The summed E-state index contributed by atoms with van der Waals surface area (Å²) >= 11 is 1.41. The summed E-state index contributed by atoms with van der Waals surface area (Å²) in [6.45, 7) is 7.21. The van der Waals surface area contributed by atoms with Gasteiger partial charge in [0.05, 0.1) is 6.54 Å². The number of carbonyl (C=O) groups excluding carboxylic acids is 2. The summed E-state index contributed by atoms with van der Waals surface area (Å²) in [6, 6.07) is 5.89. The Bertz CT molecular complexity index is 838. The Kier molecular flexibility index (Phi) is 10.0. The van der Waals surface area contributed by atoms with Crippen molar-refractivity contribution in [1.29, 1.82) is 0 Å². The highest BCUT2D eigenvalue weighted by molar-refractivity contribution is 7.09. The van der Waals surface area contributed by atoms with Gasteiger partial charge in [-0.3, -0.25) is 14.5 Å². The molecule has 1 aliphatic heterocycles. The maximum atomic E-state index is 12.5. The topological polar surface area (TPSA) is 91.6 Å². The smallest absolute Gasteiger partial charge is 0.273 e. The first kappa shape index (κ1) is 25.3. The quantitative estimate of drug-likeness (QED) is 0.716. The van der Waals surface area contributed by atoms with E-state index in [1.165, 1.54) is 11.3 Å². The lowest BCUT2D eigenvalue weighted by Crippen LogP contribution is -2.50. The van der Waals surface area contributed by atoms with E-state index in [-0.39, 0.29) is 36.6 Å². The summed E-state index contributed by atoms with van der Waals surface area (Å²) in [4.78, 5) is 33.0. The second-order valence-corrected chi connectivity index (χ2v) is 7.64. The number of nitrogens with two attached hydrogens (primary N) is 1. The second-order valence-electron chi connectivity index (χ2n) is 6.69. The van der Waals surface area contributed by atoms with Crippen LogP contribution in [-0.4, -0.2) is 59.3 Å². The highest BCUT2D eigenvalue weighted by Crippen LogP contribution is 2.18. The van der Waals surface area contributed by atoms with Gasteiger partial charge in [-0.15, -0.1) is 36.2 Å². The van der Waals surface area contributed by atoms with E-state index in [1.807, 2.05) is 32.0 Å².